The third kappa shape index (κ3) is 2.15. The van der Waals surface area contributed by atoms with Crippen molar-refractivity contribution in [3.05, 3.63) is 15.6 Å². The fraction of sp³-hybridized carbons (Fsp3) is 0.727. The van der Waals surface area contributed by atoms with Gasteiger partial charge in [0.15, 0.2) is 0 Å². The van der Waals surface area contributed by atoms with Gasteiger partial charge in [-0.15, -0.1) is 11.3 Å². The van der Waals surface area contributed by atoms with Crippen LogP contribution in [0.2, 0.25) is 0 Å². The van der Waals surface area contributed by atoms with E-state index < -0.39 is 0 Å². The van der Waals surface area contributed by atoms with Crippen molar-refractivity contribution in [1.82, 2.24) is 10.3 Å². The van der Waals surface area contributed by atoms with Crippen LogP contribution >= 0.6 is 11.3 Å². The summed E-state index contributed by atoms with van der Waals surface area (Å²) in [6.07, 6.45) is 5.06. The lowest BCUT2D eigenvalue weighted by atomic mass is 10.2. The van der Waals surface area contributed by atoms with Crippen LogP contribution in [-0.4, -0.2) is 12.0 Å². The third-order valence-electron chi connectivity index (χ3n) is 2.54. The lowest BCUT2D eigenvalue weighted by Gasteiger charge is -1.97. The molecule has 0 unspecified atom stereocenters. The third-order valence-corrected chi connectivity index (χ3v) is 3.67. The number of nitrogens with zero attached hydrogens (tertiary/aromatic N) is 1. The minimum atomic E-state index is 0.792. The molecule has 1 aromatic rings. The van der Waals surface area contributed by atoms with Crippen molar-refractivity contribution in [2.75, 3.05) is 7.05 Å². The van der Waals surface area contributed by atoms with Crippen LogP contribution in [0, 0.1) is 0 Å². The summed E-state index contributed by atoms with van der Waals surface area (Å²) in [4.78, 5) is 6.23. The van der Waals surface area contributed by atoms with Gasteiger partial charge in [0.25, 0.3) is 0 Å². The quantitative estimate of drug-likeness (QED) is 0.808. The molecule has 1 saturated carbocycles. The Morgan fingerprint density at radius 1 is 1.50 bits per heavy atom. The average Bonchev–Trinajstić information content (AvgIpc) is 2.92. The molecule has 14 heavy (non-hydrogen) atoms. The van der Waals surface area contributed by atoms with E-state index in [0.717, 1.165) is 18.9 Å². The van der Waals surface area contributed by atoms with E-state index in [2.05, 4.69) is 12.2 Å². The molecule has 0 amide bonds. The van der Waals surface area contributed by atoms with Gasteiger partial charge in [-0.05, 0) is 32.7 Å². The fourth-order valence-electron chi connectivity index (χ4n) is 1.70. The molecule has 1 aliphatic carbocycles. The fourth-order valence-corrected chi connectivity index (χ4v) is 2.97. The standard InChI is InChI=1S/C11H18N2S/c1-3-4-10-13-11(8-5-6-8)9(14-10)7-12-2/h8,12H,3-7H2,1-2H3. The Balaban J connectivity index is 2.16. The molecule has 0 atom stereocenters. The van der Waals surface area contributed by atoms with Crippen molar-refractivity contribution < 1.29 is 0 Å². The molecule has 1 aliphatic rings. The predicted molar refractivity (Wildman–Crippen MR) is 60.8 cm³/mol. The average molecular weight is 210 g/mol. The molecule has 0 aliphatic heterocycles. The molecule has 0 spiro atoms. The van der Waals surface area contributed by atoms with Crippen LogP contribution in [0.3, 0.4) is 0 Å². The van der Waals surface area contributed by atoms with Gasteiger partial charge >= 0.3 is 0 Å². The molecule has 1 N–H and O–H groups in total. The summed E-state index contributed by atoms with van der Waals surface area (Å²) in [6, 6.07) is 0. The molecule has 2 nitrogen and oxygen atoms in total. The second-order valence-electron chi connectivity index (χ2n) is 3.97. The van der Waals surface area contributed by atoms with Gasteiger partial charge in [-0.1, -0.05) is 6.92 Å². The molecular formula is C11H18N2S. The maximum atomic E-state index is 4.76. The number of aromatic nitrogens is 1. The highest BCUT2D eigenvalue weighted by Crippen LogP contribution is 2.42. The van der Waals surface area contributed by atoms with Crippen molar-refractivity contribution in [3.63, 3.8) is 0 Å². The van der Waals surface area contributed by atoms with Gasteiger partial charge in [0.05, 0.1) is 10.7 Å². The first-order valence-electron chi connectivity index (χ1n) is 5.48. The molecular weight excluding hydrogens is 192 g/mol. The van der Waals surface area contributed by atoms with Crippen LogP contribution < -0.4 is 5.32 Å². The van der Waals surface area contributed by atoms with E-state index in [-0.39, 0.29) is 0 Å². The minimum Gasteiger partial charge on any atom is -0.315 e. The molecule has 0 saturated heterocycles. The monoisotopic (exact) mass is 210 g/mol. The summed E-state index contributed by atoms with van der Waals surface area (Å²) >= 11 is 1.90. The van der Waals surface area contributed by atoms with E-state index in [4.69, 9.17) is 4.98 Å². The molecule has 2 rings (SSSR count). The molecule has 78 valence electrons. The van der Waals surface area contributed by atoms with E-state index in [9.17, 15) is 0 Å². The highest BCUT2D eigenvalue weighted by molar-refractivity contribution is 7.11. The second kappa shape index (κ2) is 4.41. The number of thiazole rings is 1. The van der Waals surface area contributed by atoms with Crippen molar-refractivity contribution in [3.8, 4) is 0 Å². The molecule has 0 aromatic carbocycles. The Bertz CT molecular complexity index is 302. The zero-order valence-corrected chi connectivity index (χ0v) is 9.78. The Kier molecular flexibility index (Phi) is 3.19. The van der Waals surface area contributed by atoms with E-state index in [1.54, 1.807) is 0 Å². The van der Waals surface area contributed by atoms with Crippen LogP contribution in [0.5, 0.6) is 0 Å². The van der Waals surface area contributed by atoms with Gasteiger partial charge in [0.1, 0.15) is 0 Å². The Hall–Kier alpha value is -0.410. The van der Waals surface area contributed by atoms with Crippen molar-refractivity contribution in [1.29, 1.82) is 0 Å². The molecule has 3 heteroatoms. The van der Waals surface area contributed by atoms with Gasteiger partial charge in [-0.2, -0.15) is 0 Å². The van der Waals surface area contributed by atoms with Crippen LogP contribution in [0.25, 0.3) is 0 Å². The van der Waals surface area contributed by atoms with E-state index >= 15 is 0 Å². The van der Waals surface area contributed by atoms with Crippen molar-refractivity contribution in [2.24, 2.45) is 0 Å². The summed E-state index contributed by atoms with van der Waals surface area (Å²) in [6.45, 7) is 3.21. The number of rotatable bonds is 5. The van der Waals surface area contributed by atoms with Crippen molar-refractivity contribution >= 4 is 11.3 Å². The van der Waals surface area contributed by atoms with Gasteiger partial charge in [-0.25, -0.2) is 4.98 Å². The topological polar surface area (TPSA) is 24.9 Å². The highest BCUT2D eigenvalue weighted by Gasteiger charge is 2.29. The SMILES string of the molecule is CCCc1nc(C2CC2)c(CNC)s1. The smallest absolute Gasteiger partial charge is 0.0931 e. The van der Waals surface area contributed by atoms with Crippen LogP contribution in [0.4, 0.5) is 0 Å². The van der Waals surface area contributed by atoms with Crippen molar-refractivity contribution in [2.45, 2.75) is 45.1 Å². The minimum absolute atomic E-state index is 0.792. The Morgan fingerprint density at radius 2 is 2.29 bits per heavy atom. The summed E-state index contributed by atoms with van der Waals surface area (Å²) in [7, 11) is 2.01. The molecule has 1 heterocycles. The second-order valence-corrected chi connectivity index (χ2v) is 5.14. The van der Waals surface area contributed by atoms with Gasteiger partial charge in [0, 0.05) is 17.3 Å². The number of nitrogens with one attached hydrogen (secondary N) is 1. The Labute approximate surface area is 89.8 Å². The van der Waals surface area contributed by atoms with E-state index in [0.29, 0.717) is 0 Å². The van der Waals surface area contributed by atoms with Crippen LogP contribution in [-0.2, 0) is 13.0 Å². The Morgan fingerprint density at radius 3 is 2.86 bits per heavy atom. The number of hydrogen-bond acceptors (Lipinski definition) is 3. The maximum absolute atomic E-state index is 4.76. The first-order chi connectivity index (χ1) is 6.85. The first-order valence-corrected chi connectivity index (χ1v) is 6.29. The molecule has 1 aromatic heterocycles. The first kappa shape index (κ1) is 10.1. The zero-order chi connectivity index (χ0) is 9.97. The summed E-state index contributed by atoms with van der Waals surface area (Å²) in [5, 5.41) is 4.57. The summed E-state index contributed by atoms with van der Waals surface area (Å²) in [5.74, 6) is 0.792. The van der Waals surface area contributed by atoms with E-state index in [1.807, 2.05) is 18.4 Å². The largest absolute Gasteiger partial charge is 0.315 e. The summed E-state index contributed by atoms with van der Waals surface area (Å²) < 4.78 is 0. The number of aryl methyl sites for hydroxylation is 1. The number of hydrogen-bond donors (Lipinski definition) is 1. The van der Waals surface area contributed by atoms with Gasteiger partial charge < -0.3 is 5.32 Å². The summed E-state index contributed by atoms with van der Waals surface area (Å²) in [5.41, 5.74) is 1.40. The van der Waals surface area contributed by atoms with Gasteiger partial charge in [0.2, 0.25) is 0 Å². The lowest BCUT2D eigenvalue weighted by molar-refractivity contribution is 0.810. The predicted octanol–water partition coefficient (Wildman–Crippen LogP) is 2.69. The molecule has 0 radical (unpaired) electrons. The molecule has 1 fully saturated rings. The van der Waals surface area contributed by atoms with Crippen LogP contribution in [0.15, 0.2) is 0 Å². The lowest BCUT2D eigenvalue weighted by Crippen LogP contribution is -2.05. The zero-order valence-electron chi connectivity index (χ0n) is 8.97. The normalized spacial score (nSPS) is 16.1. The van der Waals surface area contributed by atoms with Gasteiger partial charge in [-0.3, -0.25) is 0 Å². The van der Waals surface area contributed by atoms with Crippen LogP contribution in [0.1, 0.15) is 47.7 Å². The van der Waals surface area contributed by atoms with E-state index in [1.165, 1.54) is 34.8 Å². The highest BCUT2D eigenvalue weighted by atomic mass is 32.1. The molecule has 0 bridgehead atoms. The maximum Gasteiger partial charge on any atom is 0.0931 e.